The lowest BCUT2D eigenvalue weighted by atomic mass is 10.1. The van der Waals surface area contributed by atoms with Crippen LogP contribution in [0.1, 0.15) is 5.56 Å². The highest BCUT2D eigenvalue weighted by molar-refractivity contribution is 6.01. The number of hydrogen-bond donors (Lipinski definition) is 1. The third-order valence-electron chi connectivity index (χ3n) is 3.22. The molecule has 1 fully saturated rings. The number of rotatable bonds is 5. The molecule has 120 valence electrons. The van der Waals surface area contributed by atoms with Gasteiger partial charge in [-0.25, -0.2) is 0 Å². The van der Waals surface area contributed by atoms with Gasteiger partial charge in [0.2, 0.25) is 0 Å². The lowest BCUT2D eigenvalue weighted by Crippen LogP contribution is -2.41. The molecule has 1 saturated heterocycles. The minimum atomic E-state index is -0.558. The van der Waals surface area contributed by atoms with Crippen LogP contribution in [0.2, 0.25) is 0 Å². The van der Waals surface area contributed by atoms with E-state index in [9.17, 15) is 14.9 Å². The molecule has 1 aromatic rings. The third kappa shape index (κ3) is 4.83. The Morgan fingerprint density at radius 1 is 1.30 bits per heavy atom. The van der Waals surface area contributed by atoms with Gasteiger partial charge in [0.05, 0.1) is 13.2 Å². The van der Waals surface area contributed by atoms with Crippen LogP contribution in [-0.4, -0.2) is 49.6 Å². The van der Waals surface area contributed by atoms with Crippen molar-refractivity contribution in [2.24, 2.45) is 5.73 Å². The summed E-state index contributed by atoms with van der Waals surface area (Å²) in [6, 6.07) is 8.61. The molecule has 1 aromatic carbocycles. The van der Waals surface area contributed by atoms with Crippen molar-refractivity contribution in [3.63, 3.8) is 0 Å². The van der Waals surface area contributed by atoms with Crippen LogP contribution in [0.4, 0.5) is 0 Å². The van der Waals surface area contributed by atoms with Crippen LogP contribution in [0, 0.1) is 11.3 Å². The van der Waals surface area contributed by atoms with Gasteiger partial charge < -0.3 is 20.1 Å². The van der Waals surface area contributed by atoms with E-state index in [0.717, 1.165) is 0 Å². The molecule has 0 unspecified atom stereocenters. The molecule has 2 N–H and O–H groups in total. The Morgan fingerprint density at radius 3 is 2.52 bits per heavy atom. The summed E-state index contributed by atoms with van der Waals surface area (Å²) in [7, 11) is 0. The van der Waals surface area contributed by atoms with Gasteiger partial charge in [-0.2, -0.15) is 5.26 Å². The van der Waals surface area contributed by atoms with Crippen molar-refractivity contribution < 1.29 is 19.1 Å². The Labute approximate surface area is 133 Å². The topological polar surface area (TPSA) is 106 Å². The van der Waals surface area contributed by atoms with Crippen molar-refractivity contribution >= 4 is 17.9 Å². The van der Waals surface area contributed by atoms with Crippen molar-refractivity contribution in [3.05, 3.63) is 35.4 Å². The average molecular weight is 315 g/mol. The number of nitrogens with zero attached hydrogens (tertiary/aromatic N) is 2. The van der Waals surface area contributed by atoms with Crippen LogP contribution in [-0.2, 0) is 14.3 Å². The predicted octanol–water partition coefficient (Wildman–Crippen LogP) is 0.316. The normalized spacial score (nSPS) is 14.9. The Kier molecular flexibility index (Phi) is 5.72. The molecule has 0 aromatic heterocycles. The summed E-state index contributed by atoms with van der Waals surface area (Å²) in [6.07, 6.45) is 1.52. The maximum Gasteiger partial charge on any atom is 0.264 e. The second kappa shape index (κ2) is 7.96. The Balaban J connectivity index is 2.06. The highest BCUT2D eigenvalue weighted by Gasteiger charge is 2.20. The Hall–Kier alpha value is -2.85. The molecule has 1 aliphatic heterocycles. The fraction of sp³-hybridized carbons (Fsp3) is 0.312. The third-order valence-corrected chi connectivity index (χ3v) is 3.22. The number of nitriles is 1. The van der Waals surface area contributed by atoms with Crippen LogP contribution in [0.15, 0.2) is 29.8 Å². The first kappa shape index (κ1) is 16.5. The Morgan fingerprint density at radius 2 is 1.96 bits per heavy atom. The van der Waals surface area contributed by atoms with E-state index in [2.05, 4.69) is 0 Å². The lowest BCUT2D eigenvalue weighted by Gasteiger charge is -2.26. The molecule has 0 aliphatic carbocycles. The van der Waals surface area contributed by atoms with Gasteiger partial charge in [-0.05, 0) is 23.8 Å². The van der Waals surface area contributed by atoms with Crippen molar-refractivity contribution in [1.82, 2.24) is 4.90 Å². The van der Waals surface area contributed by atoms with Gasteiger partial charge in [0, 0.05) is 13.1 Å². The summed E-state index contributed by atoms with van der Waals surface area (Å²) in [5.41, 5.74) is 5.75. The van der Waals surface area contributed by atoms with Crippen LogP contribution >= 0.6 is 0 Å². The summed E-state index contributed by atoms with van der Waals surface area (Å²) in [4.78, 5) is 24.5. The number of amides is 2. The van der Waals surface area contributed by atoms with Gasteiger partial charge in [-0.1, -0.05) is 12.1 Å². The summed E-state index contributed by atoms with van der Waals surface area (Å²) >= 11 is 0. The zero-order chi connectivity index (χ0) is 16.7. The van der Waals surface area contributed by atoms with Crippen molar-refractivity contribution in [1.29, 1.82) is 5.26 Å². The molecule has 0 saturated carbocycles. The van der Waals surface area contributed by atoms with E-state index in [1.807, 2.05) is 6.07 Å². The van der Waals surface area contributed by atoms with Crippen molar-refractivity contribution in [3.8, 4) is 11.8 Å². The minimum Gasteiger partial charge on any atom is -0.484 e. The first-order valence-electron chi connectivity index (χ1n) is 7.10. The monoisotopic (exact) mass is 315 g/mol. The van der Waals surface area contributed by atoms with E-state index in [1.165, 1.54) is 6.08 Å². The summed E-state index contributed by atoms with van der Waals surface area (Å²) in [5, 5.41) is 9.22. The SMILES string of the molecule is N#CC(=Cc1ccc(OCC(N)=O)cc1)C(=O)N1CCOCC1. The largest absolute Gasteiger partial charge is 0.484 e. The van der Waals surface area contributed by atoms with Crippen LogP contribution < -0.4 is 10.5 Å². The molecule has 0 atom stereocenters. The second-order valence-electron chi connectivity index (χ2n) is 4.90. The molecule has 0 radical (unpaired) electrons. The minimum absolute atomic E-state index is 0.0673. The number of hydrogen-bond acceptors (Lipinski definition) is 5. The van der Waals surface area contributed by atoms with E-state index in [1.54, 1.807) is 29.2 Å². The predicted molar refractivity (Wildman–Crippen MR) is 82.1 cm³/mol. The van der Waals surface area contributed by atoms with Crippen LogP contribution in [0.25, 0.3) is 6.08 Å². The van der Waals surface area contributed by atoms with E-state index in [4.69, 9.17) is 15.2 Å². The Bertz CT molecular complexity index is 640. The second-order valence-corrected chi connectivity index (χ2v) is 4.90. The highest BCUT2D eigenvalue weighted by Crippen LogP contribution is 2.15. The molecule has 7 heteroatoms. The molecule has 0 spiro atoms. The fourth-order valence-corrected chi connectivity index (χ4v) is 2.06. The summed E-state index contributed by atoms with van der Waals surface area (Å²) in [6.45, 7) is 1.73. The number of carbonyl (C=O) groups excluding carboxylic acids is 2. The van der Waals surface area contributed by atoms with Crippen molar-refractivity contribution in [2.75, 3.05) is 32.9 Å². The molecule has 1 aliphatic rings. The molecule has 2 rings (SSSR count). The molecule has 7 nitrogen and oxygen atoms in total. The van der Waals surface area contributed by atoms with Gasteiger partial charge in [-0.15, -0.1) is 0 Å². The van der Waals surface area contributed by atoms with Crippen LogP contribution in [0.5, 0.6) is 5.75 Å². The number of carbonyl (C=O) groups is 2. The maximum atomic E-state index is 12.3. The molecule has 2 amide bonds. The smallest absolute Gasteiger partial charge is 0.264 e. The van der Waals surface area contributed by atoms with E-state index in [0.29, 0.717) is 37.6 Å². The quantitative estimate of drug-likeness (QED) is 0.622. The zero-order valence-electron chi connectivity index (χ0n) is 12.5. The fourth-order valence-electron chi connectivity index (χ4n) is 2.06. The number of nitrogens with two attached hydrogens (primary N) is 1. The van der Waals surface area contributed by atoms with Crippen molar-refractivity contribution in [2.45, 2.75) is 0 Å². The van der Waals surface area contributed by atoms with E-state index in [-0.39, 0.29) is 18.1 Å². The number of ether oxygens (including phenoxy) is 2. The molecule has 23 heavy (non-hydrogen) atoms. The highest BCUT2D eigenvalue weighted by atomic mass is 16.5. The maximum absolute atomic E-state index is 12.3. The molecular weight excluding hydrogens is 298 g/mol. The van der Waals surface area contributed by atoms with Gasteiger partial charge in [0.15, 0.2) is 6.61 Å². The van der Waals surface area contributed by atoms with Gasteiger partial charge in [-0.3, -0.25) is 9.59 Å². The van der Waals surface area contributed by atoms with E-state index < -0.39 is 5.91 Å². The van der Waals surface area contributed by atoms with Crippen LogP contribution in [0.3, 0.4) is 0 Å². The molecule has 1 heterocycles. The molecule has 0 bridgehead atoms. The summed E-state index contributed by atoms with van der Waals surface area (Å²) < 4.78 is 10.3. The van der Waals surface area contributed by atoms with Gasteiger partial charge in [0.1, 0.15) is 17.4 Å². The zero-order valence-corrected chi connectivity index (χ0v) is 12.5. The summed E-state index contributed by atoms with van der Waals surface area (Å²) in [5.74, 6) is -0.374. The number of benzene rings is 1. The standard InChI is InChI=1S/C16H17N3O4/c17-10-13(16(21)19-5-7-22-8-6-19)9-12-1-3-14(4-2-12)23-11-15(18)20/h1-4,9H,5-8,11H2,(H2,18,20). The average Bonchev–Trinajstić information content (AvgIpc) is 2.59. The number of morpholine rings is 1. The van der Waals surface area contributed by atoms with Gasteiger partial charge >= 0.3 is 0 Å². The molecular formula is C16H17N3O4. The lowest BCUT2D eigenvalue weighted by molar-refractivity contribution is -0.130. The first-order chi connectivity index (χ1) is 11.1. The van der Waals surface area contributed by atoms with Gasteiger partial charge in [0.25, 0.3) is 11.8 Å². The van der Waals surface area contributed by atoms with E-state index >= 15 is 0 Å². The first-order valence-corrected chi connectivity index (χ1v) is 7.10. The number of primary amides is 1.